The van der Waals surface area contributed by atoms with Gasteiger partial charge in [0.05, 0.1) is 0 Å². The number of nitrogens with zero attached hydrogens (tertiary/aromatic N) is 3. The fraction of sp³-hybridized carbons (Fsp3) is 0.833. The van der Waals surface area contributed by atoms with Crippen LogP contribution in [0.5, 0.6) is 0 Å². The zero-order chi connectivity index (χ0) is 11.8. The summed E-state index contributed by atoms with van der Waals surface area (Å²) in [5.41, 5.74) is 6.14. The standard InChI is InChI=1S/C12H22N4/c1-9(2)16-11(14-8-15-16)6-12(3,7-13)10-4-5-10/h8-10H,4-7,13H2,1-3H3. The number of hydrogen-bond donors (Lipinski definition) is 1. The lowest BCUT2D eigenvalue weighted by molar-refractivity contribution is 0.268. The number of aromatic nitrogens is 3. The minimum Gasteiger partial charge on any atom is -0.330 e. The van der Waals surface area contributed by atoms with Crippen molar-refractivity contribution in [1.82, 2.24) is 14.8 Å². The van der Waals surface area contributed by atoms with Crippen molar-refractivity contribution in [3.05, 3.63) is 12.2 Å². The van der Waals surface area contributed by atoms with Crippen LogP contribution in [0.25, 0.3) is 0 Å². The molecule has 2 rings (SSSR count). The summed E-state index contributed by atoms with van der Waals surface area (Å²) in [6.45, 7) is 7.29. The molecule has 0 saturated heterocycles. The molecular formula is C12H22N4. The maximum Gasteiger partial charge on any atom is 0.138 e. The fourth-order valence-electron chi connectivity index (χ4n) is 2.36. The first-order valence-electron chi connectivity index (χ1n) is 6.15. The van der Waals surface area contributed by atoms with E-state index >= 15 is 0 Å². The van der Waals surface area contributed by atoms with E-state index in [-0.39, 0.29) is 5.41 Å². The zero-order valence-electron chi connectivity index (χ0n) is 10.5. The van der Waals surface area contributed by atoms with Crippen molar-refractivity contribution < 1.29 is 0 Å². The summed E-state index contributed by atoms with van der Waals surface area (Å²) in [6.07, 6.45) is 5.25. The Morgan fingerprint density at radius 1 is 1.56 bits per heavy atom. The predicted octanol–water partition coefficient (Wildman–Crippen LogP) is 1.78. The average molecular weight is 222 g/mol. The van der Waals surface area contributed by atoms with Crippen LogP contribution in [0.1, 0.15) is 45.5 Å². The third kappa shape index (κ3) is 2.12. The van der Waals surface area contributed by atoms with Crippen LogP contribution >= 0.6 is 0 Å². The largest absolute Gasteiger partial charge is 0.330 e. The SMILES string of the molecule is CC(C)n1ncnc1CC(C)(CN)C1CC1. The van der Waals surface area contributed by atoms with Crippen LogP contribution in [0.3, 0.4) is 0 Å². The third-order valence-corrected chi connectivity index (χ3v) is 3.73. The molecule has 1 heterocycles. The zero-order valence-corrected chi connectivity index (χ0v) is 10.5. The van der Waals surface area contributed by atoms with E-state index in [0.717, 1.165) is 24.7 Å². The van der Waals surface area contributed by atoms with Crippen LogP contribution < -0.4 is 5.73 Å². The van der Waals surface area contributed by atoms with E-state index in [1.54, 1.807) is 6.33 Å². The lowest BCUT2D eigenvalue weighted by Gasteiger charge is -2.27. The van der Waals surface area contributed by atoms with E-state index in [1.807, 2.05) is 4.68 Å². The van der Waals surface area contributed by atoms with Crippen molar-refractivity contribution >= 4 is 0 Å². The van der Waals surface area contributed by atoms with Gasteiger partial charge in [-0.05, 0) is 44.6 Å². The van der Waals surface area contributed by atoms with E-state index in [1.165, 1.54) is 12.8 Å². The molecule has 1 saturated carbocycles. The second kappa shape index (κ2) is 4.17. The molecule has 1 atom stereocenters. The van der Waals surface area contributed by atoms with Gasteiger partial charge in [0.25, 0.3) is 0 Å². The van der Waals surface area contributed by atoms with Gasteiger partial charge >= 0.3 is 0 Å². The molecule has 16 heavy (non-hydrogen) atoms. The lowest BCUT2D eigenvalue weighted by atomic mass is 9.81. The summed E-state index contributed by atoms with van der Waals surface area (Å²) < 4.78 is 2.01. The van der Waals surface area contributed by atoms with Crippen molar-refractivity contribution in [1.29, 1.82) is 0 Å². The first-order chi connectivity index (χ1) is 7.57. The Balaban J connectivity index is 2.15. The highest BCUT2D eigenvalue weighted by Crippen LogP contribution is 2.46. The van der Waals surface area contributed by atoms with Gasteiger partial charge in [0.1, 0.15) is 12.2 Å². The average Bonchev–Trinajstić information content (AvgIpc) is 3.00. The third-order valence-electron chi connectivity index (χ3n) is 3.73. The molecule has 0 radical (unpaired) electrons. The summed E-state index contributed by atoms with van der Waals surface area (Å²) in [4.78, 5) is 4.38. The molecule has 0 aliphatic heterocycles. The molecule has 4 heteroatoms. The minimum absolute atomic E-state index is 0.208. The van der Waals surface area contributed by atoms with Gasteiger partial charge in [-0.15, -0.1) is 0 Å². The fourth-order valence-corrected chi connectivity index (χ4v) is 2.36. The number of rotatable bonds is 5. The normalized spacial score (nSPS) is 20.1. The quantitative estimate of drug-likeness (QED) is 0.826. The summed E-state index contributed by atoms with van der Waals surface area (Å²) in [5.74, 6) is 1.87. The summed E-state index contributed by atoms with van der Waals surface area (Å²) >= 11 is 0. The van der Waals surface area contributed by atoms with Crippen molar-refractivity contribution in [2.24, 2.45) is 17.1 Å². The van der Waals surface area contributed by atoms with Gasteiger partial charge in [0.15, 0.2) is 0 Å². The molecule has 90 valence electrons. The number of hydrogen-bond acceptors (Lipinski definition) is 3. The molecule has 1 aliphatic rings. The summed E-state index contributed by atoms with van der Waals surface area (Å²) in [5, 5.41) is 4.28. The van der Waals surface area contributed by atoms with Gasteiger partial charge in [-0.25, -0.2) is 9.67 Å². The Kier molecular flexibility index (Phi) is 3.02. The van der Waals surface area contributed by atoms with Gasteiger partial charge in [0, 0.05) is 12.5 Å². The van der Waals surface area contributed by atoms with Crippen LogP contribution in [0, 0.1) is 11.3 Å². The Morgan fingerprint density at radius 3 is 2.75 bits per heavy atom. The summed E-state index contributed by atoms with van der Waals surface area (Å²) in [6, 6.07) is 0.374. The Morgan fingerprint density at radius 2 is 2.25 bits per heavy atom. The van der Waals surface area contributed by atoms with Gasteiger partial charge in [-0.2, -0.15) is 5.10 Å². The van der Waals surface area contributed by atoms with Gasteiger partial charge in [0.2, 0.25) is 0 Å². The smallest absolute Gasteiger partial charge is 0.138 e. The molecule has 0 bridgehead atoms. The Labute approximate surface area is 97.2 Å². The van der Waals surface area contributed by atoms with Gasteiger partial charge in [-0.1, -0.05) is 6.92 Å². The Hall–Kier alpha value is -0.900. The molecule has 1 aliphatic carbocycles. The highest BCUT2D eigenvalue weighted by molar-refractivity contribution is 5.00. The molecular weight excluding hydrogens is 200 g/mol. The molecule has 1 unspecified atom stereocenters. The molecule has 2 N–H and O–H groups in total. The minimum atomic E-state index is 0.208. The molecule has 0 spiro atoms. The second-order valence-corrected chi connectivity index (χ2v) is 5.52. The first-order valence-corrected chi connectivity index (χ1v) is 6.15. The molecule has 1 fully saturated rings. The topological polar surface area (TPSA) is 56.7 Å². The molecule has 1 aromatic rings. The van der Waals surface area contributed by atoms with Crippen molar-refractivity contribution in [2.45, 2.75) is 46.1 Å². The summed E-state index contributed by atoms with van der Waals surface area (Å²) in [7, 11) is 0. The molecule has 4 nitrogen and oxygen atoms in total. The van der Waals surface area contributed by atoms with Crippen LogP contribution in [0.15, 0.2) is 6.33 Å². The van der Waals surface area contributed by atoms with Crippen molar-refractivity contribution in [3.63, 3.8) is 0 Å². The highest BCUT2D eigenvalue weighted by Gasteiger charge is 2.41. The van der Waals surface area contributed by atoms with Crippen LogP contribution in [-0.2, 0) is 6.42 Å². The highest BCUT2D eigenvalue weighted by atomic mass is 15.3. The second-order valence-electron chi connectivity index (χ2n) is 5.52. The van der Waals surface area contributed by atoms with Crippen LogP contribution in [0.4, 0.5) is 0 Å². The van der Waals surface area contributed by atoms with Gasteiger partial charge < -0.3 is 5.73 Å². The van der Waals surface area contributed by atoms with E-state index in [4.69, 9.17) is 5.73 Å². The maximum atomic E-state index is 5.93. The molecule has 0 amide bonds. The van der Waals surface area contributed by atoms with Gasteiger partial charge in [-0.3, -0.25) is 0 Å². The van der Waals surface area contributed by atoms with E-state index < -0.39 is 0 Å². The first kappa shape index (κ1) is 11.6. The van der Waals surface area contributed by atoms with Crippen molar-refractivity contribution in [3.8, 4) is 0 Å². The van der Waals surface area contributed by atoms with E-state index in [9.17, 15) is 0 Å². The Bertz CT molecular complexity index is 354. The molecule has 0 aromatic carbocycles. The van der Waals surface area contributed by atoms with E-state index in [2.05, 4.69) is 30.9 Å². The van der Waals surface area contributed by atoms with Crippen LogP contribution in [-0.4, -0.2) is 21.3 Å². The van der Waals surface area contributed by atoms with Crippen LogP contribution in [0.2, 0.25) is 0 Å². The maximum absolute atomic E-state index is 5.93. The van der Waals surface area contributed by atoms with Crippen molar-refractivity contribution in [2.75, 3.05) is 6.54 Å². The lowest BCUT2D eigenvalue weighted by Crippen LogP contribution is -2.33. The number of nitrogens with two attached hydrogens (primary N) is 1. The molecule has 1 aromatic heterocycles. The monoisotopic (exact) mass is 222 g/mol. The van der Waals surface area contributed by atoms with E-state index in [0.29, 0.717) is 6.04 Å². The predicted molar refractivity (Wildman–Crippen MR) is 64.0 cm³/mol.